The average Bonchev–Trinajstić information content (AvgIpc) is 2.83. The normalized spacial score (nSPS) is 19.2. The summed E-state index contributed by atoms with van der Waals surface area (Å²) in [5, 5.41) is 3.69. The molecule has 1 aromatic heterocycles. The quantitative estimate of drug-likeness (QED) is 0.852. The number of rotatable bonds is 6. The Labute approximate surface area is 119 Å². The largest absolute Gasteiger partial charge is 0.385 e. The van der Waals surface area contributed by atoms with Gasteiger partial charge in [0.1, 0.15) is 0 Å². The Morgan fingerprint density at radius 2 is 2.33 bits per heavy atom. The zero-order chi connectivity index (χ0) is 13.2. The molecule has 1 atom stereocenters. The van der Waals surface area contributed by atoms with Crippen LogP contribution in [0, 0.1) is 5.41 Å². The van der Waals surface area contributed by atoms with Gasteiger partial charge in [0.2, 0.25) is 0 Å². The Kier molecular flexibility index (Phi) is 4.70. The fourth-order valence-electron chi connectivity index (χ4n) is 2.41. The number of aryl methyl sites for hydroxylation is 1. The predicted molar refractivity (Wildman–Crippen MR) is 78.7 cm³/mol. The van der Waals surface area contributed by atoms with Crippen molar-refractivity contribution in [2.24, 2.45) is 5.41 Å². The predicted octanol–water partition coefficient (Wildman–Crippen LogP) is 4.04. The van der Waals surface area contributed by atoms with Crippen LogP contribution in [0.25, 0.3) is 0 Å². The van der Waals surface area contributed by atoms with Crippen LogP contribution < -0.4 is 5.32 Å². The highest BCUT2D eigenvalue weighted by Gasteiger charge is 2.27. The second kappa shape index (κ2) is 5.91. The number of ether oxygens (including phenoxy) is 1. The summed E-state index contributed by atoms with van der Waals surface area (Å²) in [5.74, 6) is 0. The van der Waals surface area contributed by atoms with Crippen molar-refractivity contribution in [2.45, 2.75) is 39.2 Å². The number of hydrogen-bond donors (Lipinski definition) is 1. The first-order valence-electron chi connectivity index (χ1n) is 6.52. The van der Waals surface area contributed by atoms with Gasteiger partial charge in [-0.25, -0.2) is 0 Å². The van der Waals surface area contributed by atoms with Crippen molar-refractivity contribution in [3.8, 4) is 0 Å². The third-order valence-electron chi connectivity index (χ3n) is 3.66. The Morgan fingerprint density at radius 1 is 1.56 bits per heavy atom. The maximum Gasteiger partial charge on any atom is 0.0934 e. The van der Waals surface area contributed by atoms with Crippen LogP contribution in [0.15, 0.2) is 6.07 Å². The molecule has 1 heterocycles. The third kappa shape index (κ3) is 3.47. The molecule has 0 saturated carbocycles. The van der Waals surface area contributed by atoms with Crippen LogP contribution in [0.2, 0.25) is 4.34 Å². The summed E-state index contributed by atoms with van der Waals surface area (Å²) in [6, 6.07) is 2.62. The monoisotopic (exact) mass is 287 g/mol. The van der Waals surface area contributed by atoms with Gasteiger partial charge >= 0.3 is 0 Å². The molecule has 0 aromatic carbocycles. The summed E-state index contributed by atoms with van der Waals surface area (Å²) in [6.07, 6.45) is 3.46. The fourth-order valence-corrected chi connectivity index (χ4v) is 3.77. The zero-order valence-electron chi connectivity index (χ0n) is 11.4. The van der Waals surface area contributed by atoms with Crippen LogP contribution in [0.1, 0.15) is 43.2 Å². The minimum Gasteiger partial charge on any atom is -0.385 e. The van der Waals surface area contributed by atoms with E-state index in [0.29, 0.717) is 6.04 Å². The number of nitrogens with one attached hydrogen (secondary N) is 1. The first-order valence-corrected chi connectivity index (χ1v) is 7.72. The van der Waals surface area contributed by atoms with E-state index in [1.165, 1.54) is 23.3 Å². The van der Waals surface area contributed by atoms with Crippen molar-refractivity contribution < 1.29 is 4.74 Å². The van der Waals surface area contributed by atoms with Crippen molar-refractivity contribution in [1.29, 1.82) is 0 Å². The standard InChI is InChI=1S/C14H22ClNOS/c1-14(2,6-7-17-3)9-16-11-4-5-12-10(11)8-13(15)18-12/h8,11,16H,4-7,9H2,1-3H3. The molecular weight excluding hydrogens is 266 g/mol. The Morgan fingerprint density at radius 3 is 3.06 bits per heavy atom. The fraction of sp³-hybridized carbons (Fsp3) is 0.714. The number of hydrogen-bond acceptors (Lipinski definition) is 3. The number of halogens is 1. The molecular formula is C14H22ClNOS. The minimum absolute atomic E-state index is 0.276. The van der Waals surface area contributed by atoms with Crippen LogP contribution in [0.3, 0.4) is 0 Å². The van der Waals surface area contributed by atoms with Crippen molar-refractivity contribution in [3.05, 3.63) is 20.8 Å². The molecule has 1 aliphatic rings. The summed E-state index contributed by atoms with van der Waals surface area (Å²) in [7, 11) is 1.76. The van der Waals surface area contributed by atoms with Gasteiger partial charge in [-0.15, -0.1) is 11.3 Å². The first kappa shape index (κ1) is 14.3. The second-order valence-electron chi connectivity index (χ2n) is 5.81. The molecule has 4 heteroatoms. The summed E-state index contributed by atoms with van der Waals surface area (Å²) >= 11 is 7.81. The number of thiophene rings is 1. The van der Waals surface area contributed by atoms with Crippen LogP contribution in [0.4, 0.5) is 0 Å². The van der Waals surface area contributed by atoms with Gasteiger partial charge in [-0.3, -0.25) is 0 Å². The van der Waals surface area contributed by atoms with E-state index in [4.69, 9.17) is 16.3 Å². The van der Waals surface area contributed by atoms with E-state index in [2.05, 4.69) is 25.2 Å². The SMILES string of the molecule is COCCC(C)(C)CNC1CCc2sc(Cl)cc21. The maximum absolute atomic E-state index is 6.08. The van der Waals surface area contributed by atoms with Crippen molar-refractivity contribution >= 4 is 22.9 Å². The van der Waals surface area contributed by atoms with Gasteiger partial charge in [-0.1, -0.05) is 25.4 Å². The lowest BCUT2D eigenvalue weighted by atomic mass is 9.89. The highest BCUT2D eigenvalue weighted by Crippen LogP contribution is 2.39. The van der Waals surface area contributed by atoms with Crippen molar-refractivity contribution in [2.75, 3.05) is 20.3 Å². The molecule has 0 radical (unpaired) electrons. The molecule has 1 aliphatic carbocycles. The van der Waals surface area contributed by atoms with E-state index in [1.54, 1.807) is 18.4 Å². The molecule has 1 aromatic rings. The highest BCUT2D eigenvalue weighted by molar-refractivity contribution is 7.16. The van der Waals surface area contributed by atoms with Gasteiger partial charge < -0.3 is 10.1 Å². The molecule has 2 rings (SSSR count). The minimum atomic E-state index is 0.276. The molecule has 1 N–H and O–H groups in total. The summed E-state index contributed by atoms with van der Waals surface area (Å²) in [6.45, 7) is 6.42. The Balaban J connectivity index is 1.88. The second-order valence-corrected chi connectivity index (χ2v) is 7.58. The van der Waals surface area contributed by atoms with Gasteiger partial charge in [0.15, 0.2) is 0 Å². The highest BCUT2D eigenvalue weighted by atomic mass is 35.5. The zero-order valence-corrected chi connectivity index (χ0v) is 13.0. The molecule has 1 unspecified atom stereocenters. The molecule has 0 fully saturated rings. The molecule has 0 aliphatic heterocycles. The van der Waals surface area contributed by atoms with Gasteiger partial charge in [0.05, 0.1) is 4.34 Å². The molecule has 0 amide bonds. The van der Waals surface area contributed by atoms with Gasteiger partial charge in [-0.2, -0.15) is 0 Å². The van der Waals surface area contributed by atoms with E-state index in [-0.39, 0.29) is 5.41 Å². The number of methoxy groups -OCH3 is 1. The molecule has 0 bridgehead atoms. The molecule has 18 heavy (non-hydrogen) atoms. The van der Waals surface area contributed by atoms with Crippen molar-refractivity contribution in [3.63, 3.8) is 0 Å². The van der Waals surface area contributed by atoms with Crippen molar-refractivity contribution in [1.82, 2.24) is 5.32 Å². The Bertz CT molecular complexity index is 402. The topological polar surface area (TPSA) is 21.3 Å². The van der Waals surface area contributed by atoms with E-state index in [0.717, 1.165) is 23.9 Å². The van der Waals surface area contributed by atoms with E-state index in [1.807, 2.05) is 0 Å². The van der Waals surface area contributed by atoms with E-state index in [9.17, 15) is 0 Å². The van der Waals surface area contributed by atoms with Gasteiger partial charge in [0, 0.05) is 31.2 Å². The lowest BCUT2D eigenvalue weighted by Crippen LogP contribution is -2.32. The average molecular weight is 288 g/mol. The third-order valence-corrected chi connectivity index (χ3v) is 5.00. The van der Waals surface area contributed by atoms with Gasteiger partial charge in [0.25, 0.3) is 0 Å². The van der Waals surface area contributed by atoms with Crippen LogP contribution in [-0.2, 0) is 11.2 Å². The summed E-state index contributed by atoms with van der Waals surface area (Å²) in [5.41, 5.74) is 1.70. The molecule has 0 saturated heterocycles. The number of fused-ring (bicyclic) bond motifs is 1. The summed E-state index contributed by atoms with van der Waals surface area (Å²) < 4.78 is 6.09. The van der Waals surface area contributed by atoms with E-state index >= 15 is 0 Å². The Hall–Kier alpha value is -0.0900. The lowest BCUT2D eigenvalue weighted by Gasteiger charge is -2.27. The summed E-state index contributed by atoms with van der Waals surface area (Å²) in [4.78, 5) is 1.46. The molecule has 102 valence electrons. The molecule has 2 nitrogen and oxygen atoms in total. The maximum atomic E-state index is 6.08. The van der Waals surface area contributed by atoms with Crippen LogP contribution in [-0.4, -0.2) is 20.3 Å². The van der Waals surface area contributed by atoms with Gasteiger partial charge in [-0.05, 0) is 36.3 Å². The first-order chi connectivity index (χ1) is 8.52. The molecule has 0 spiro atoms. The smallest absolute Gasteiger partial charge is 0.0934 e. The van der Waals surface area contributed by atoms with E-state index < -0.39 is 0 Å². The lowest BCUT2D eigenvalue weighted by molar-refractivity contribution is 0.149. The van der Waals surface area contributed by atoms with Crippen LogP contribution >= 0.6 is 22.9 Å². The van der Waals surface area contributed by atoms with Crippen LogP contribution in [0.5, 0.6) is 0 Å².